The van der Waals surface area contributed by atoms with Crippen LogP contribution in [-0.4, -0.2) is 80.0 Å². The number of carbonyl (C=O) groups excluding carboxylic acids is 3. The number of rotatable bonds is 6. The molecule has 172 valence electrons. The predicted octanol–water partition coefficient (Wildman–Crippen LogP) is 0.516. The number of hydrogen-bond donors (Lipinski definition) is 1. The maximum Gasteiger partial charge on any atom is 0.408 e. The summed E-state index contributed by atoms with van der Waals surface area (Å²) in [4.78, 5) is 36.1. The molecule has 12 heteroatoms. The van der Waals surface area contributed by atoms with Crippen LogP contribution in [0.5, 0.6) is 0 Å². The first kappa shape index (κ1) is 23.2. The van der Waals surface area contributed by atoms with E-state index in [1.165, 1.54) is 0 Å². The number of hydrogen-bond acceptors (Lipinski definition) is 9. The fourth-order valence-electron chi connectivity index (χ4n) is 3.70. The van der Waals surface area contributed by atoms with Crippen LogP contribution in [-0.2, 0) is 38.0 Å². The molecule has 31 heavy (non-hydrogen) atoms. The van der Waals surface area contributed by atoms with Crippen molar-refractivity contribution >= 4 is 18.0 Å². The van der Waals surface area contributed by atoms with Gasteiger partial charge in [-0.25, -0.2) is 14.0 Å². The van der Waals surface area contributed by atoms with Crippen molar-refractivity contribution < 1.29 is 51.6 Å². The summed E-state index contributed by atoms with van der Waals surface area (Å²) in [6.45, 7) is 3.10. The average molecular weight is 447 g/mol. The van der Waals surface area contributed by atoms with Crippen LogP contribution in [0.25, 0.3) is 0 Å². The van der Waals surface area contributed by atoms with Crippen LogP contribution in [0, 0.1) is 12.3 Å². The lowest BCUT2D eigenvalue weighted by Gasteiger charge is -2.44. The Labute approximate surface area is 176 Å². The molecule has 7 atom stereocenters. The summed E-state index contributed by atoms with van der Waals surface area (Å²) in [5.41, 5.74) is 0. The maximum atomic E-state index is 15.4. The van der Waals surface area contributed by atoms with Gasteiger partial charge in [0.1, 0.15) is 18.2 Å². The van der Waals surface area contributed by atoms with Gasteiger partial charge in [0.15, 0.2) is 18.0 Å². The number of alkyl halides is 2. The molecule has 0 aromatic heterocycles. The molecule has 5 unspecified atom stereocenters. The Hall–Kier alpha value is -2.49. The second kappa shape index (κ2) is 8.57. The van der Waals surface area contributed by atoms with Gasteiger partial charge in [0.25, 0.3) is 0 Å². The van der Waals surface area contributed by atoms with E-state index in [1.807, 2.05) is 0 Å². The lowest BCUT2D eigenvalue weighted by molar-refractivity contribution is -0.289. The number of terminal acetylenes is 1. The molecule has 1 amide bonds. The highest BCUT2D eigenvalue weighted by Gasteiger charge is 2.67. The largest absolute Gasteiger partial charge is 0.465 e. The van der Waals surface area contributed by atoms with E-state index < -0.39 is 66.3 Å². The number of methoxy groups -OCH3 is 1. The smallest absolute Gasteiger partial charge is 0.408 e. The van der Waals surface area contributed by atoms with Gasteiger partial charge in [-0.05, 0) is 13.8 Å². The zero-order valence-electron chi connectivity index (χ0n) is 17.1. The Bertz CT molecular complexity index is 785. The van der Waals surface area contributed by atoms with Gasteiger partial charge < -0.3 is 33.7 Å². The highest BCUT2D eigenvalue weighted by Crippen LogP contribution is 2.41. The molecular formula is C19H23F2NO9. The Morgan fingerprint density at radius 2 is 2.10 bits per heavy atom. The zero-order valence-corrected chi connectivity index (χ0v) is 17.1. The lowest BCUT2D eigenvalue weighted by Crippen LogP contribution is -2.69. The van der Waals surface area contributed by atoms with E-state index in [2.05, 4.69) is 16.0 Å². The monoisotopic (exact) mass is 447 g/mol. The molecule has 10 nitrogen and oxygen atoms in total. The van der Waals surface area contributed by atoms with Gasteiger partial charge in [0, 0.05) is 6.42 Å². The van der Waals surface area contributed by atoms with E-state index in [-0.39, 0.29) is 19.4 Å². The lowest BCUT2D eigenvalue weighted by atomic mass is 9.88. The highest BCUT2D eigenvalue weighted by atomic mass is 19.2. The number of ether oxygens (including phenoxy) is 6. The summed E-state index contributed by atoms with van der Waals surface area (Å²) in [5, 5.41) is 2.31. The Balaban J connectivity index is 1.96. The minimum absolute atomic E-state index is 0.0677. The summed E-state index contributed by atoms with van der Waals surface area (Å²) in [6.07, 6.45) is -4.43. The molecule has 3 saturated heterocycles. The minimum Gasteiger partial charge on any atom is -0.465 e. The van der Waals surface area contributed by atoms with Crippen LogP contribution < -0.4 is 5.32 Å². The van der Waals surface area contributed by atoms with Crippen molar-refractivity contribution in [3.63, 3.8) is 0 Å². The first-order valence-corrected chi connectivity index (χ1v) is 9.53. The van der Waals surface area contributed by atoms with Crippen molar-refractivity contribution in [1.29, 1.82) is 0 Å². The van der Waals surface area contributed by atoms with Gasteiger partial charge in [0.05, 0.1) is 20.1 Å². The zero-order chi connectivity index (χ0) is 23.0. The topological polar surface area (TPSA) is 119 Å². The molecule has 3 fully saturated rings. The first-order chi connectivity index (χ1) is 14.5. The van der Waals surface area contributed by atoms with Crippen LogP contribution in [0.4, 0.5) is 13.6 Å². The fourth-order valence-corrected chi connectivity index (χ4v) is 3.70. The second-order valence-corrected chi connectivity index (χ2v) is 7.69. The third-order valence-corrected chi connectivity index (χ3v) is 5.11. The summed E-state index contributed by atoms with van der Waals surface area (Å²) < 4.78 is 61.2. The van der Waals surface area contributed by atoms with Gasteiger partial charge in [-0.3, -0.25) is 4.79 Å². The standard InChI is InChI=1S/C19H23F2NO9/c1-5-6-7-10(23)28-12(9-8-27-18(2,3)30-9)13-11-14(29-17(25)22-11)15(20)19(21,31-13)16(24)26-4/h1,9,11-15H,6-8H2,2-4H3,(H,22,25)/t9-,11?,12-,13?,14?,15?,19?/m1/s1. The number of nitrogens with one attached hydrogen (secondary N) is 1. The predicted molar refractivity (Wildman–Crippen MR) is 95.7 cm³/mol. The van der Waals surface area contributed by atoms with Gasteiger partial charge >= 0.3 is 23.9 Å². The molecule has 0 aromatic carbocycles. The van der Waals surface area contributed by atoms with E-state index in [0.29, 0.717) is 0 Å². The van der Waals surface area contributed by atoms with Crippen LogP contribution in [0.3, 0.4) is 0 Å². The molecular weight excluding hydrogens is 424 g/mol. The molecule has 3 aliphatic rings. The van der Waals surface area contributed by atoms with Crippen molar-refractivity contribution in [2.75, 3.05) is 13.7 Å². The van der Waals surface area contributed by atoms with Crippen molar-refractivity contribution in [3.05, 3.63) is 0 Å². The van der Waals surface area contributed by atoms with E-state index in [9.17, 15) is 18.8 Å². The molecule has 3 heterocycles. The molecule has 1 N–H and O–H groups in total. The van der Waals surface area contributed by atoms with Crippen molar-refractivity contribution in [2.24, 2.45) is 0 Å². The van der Waals surface area contributed by atoms with E-state index in [4.69, 9.17) is 30.1 Å². The highest BCUT2D eigenvalue weighted by molar-refractivity contribution is 5.80. The molecule has 0 spiro atoms. The van der Waals surface area contributed by atoms with E-state index in [0.717, 1.165) is 7.11 Å². The molecule has 3 aliphatic heterocycles. The molecule has 0 bridgehead atoms. The normalized spacial score (nSPS) is 37.0. The average Bonchev–Trinajstić information content (AvgIpc) is 3.28. The van der Waals surface area contributed by atoms with Crippen molar-refractivity contribution in [3.8, 4) is 12.3 Å². The third-order valence-electron chi connectivity index (χ3n) is 5.11. The second-order valence-electron chi connectivity index (χ2n) is 7.69. The number of carbonyl (C=O) groups is 3. The van der Waals surface area contributed by atoms with E-state index in [1.54, 1.807) is 13.8 Å². The summed E-state index contributed by atoms with van der Waals surface area (Å²) in [6, 6.07) is -1.30. The van der Waals surface area contributed by atoms with Crippen LogP contribution in [0.1, 0.15) is 26.7 Å². The quantitative estimate of drug-likeness (QED) is 0.353. The van der Waals surface area contributed by atoms with Gasteiger partial charge in [-0.2, -0.15) is 4.39 Å². The van der Waals surface area contributed by atoms with Crippen LogP contribution in [0.15, 0.2) is 0 Å². The summed E-state index contributed by atoms with van der Waals surface area (Å²) >= 11 is 0. The van der Waals surface area contributed by atoms with Crippen molar-refractivity contribution in [2.45, 2.75) is 75.0 Å². The van der Waals surface area contributed by atoms with Crippen LogP contribution in [0.2, 0.25) is 0 Å². The third kappa shape index (κ3) is 4.44. The summed E-state index contributed by atoms with van der Waals surface area (Å²) in [7, 11) is 0.841. The van der Waals surface area contributed by atoms with Gasteiger partial charge in [0.2, 0.25) is 6.17 Å². The maximum absolute atomic E-state index is 15.4. The molecule has 0 saturated carbocycles. The summed E-state index contributed by atoms with van der Waals surface area (Å²) in [5.74, 6) is -4.86. The fraction of sp³-hybridized carbons (Fsp3) is 0.737. The van der Waals surface area contributed by atoms with Gasteiger partial charge in [-0.15, -0.1) is 12.3 Å². The minimum atomic E-state index is -3.62. The number of amides is 1. The number of alkyl carbamates (subject to hydrolysis) is 1. The SMILES string of the molecule is C#CCCC(=O)O[C@@H](C1OC(F)(C(=O)OC)C(F)C2OC(=O)NC21)[C@H]1COC(C)(C)O1. The first-order valence-electron chi connectivity index (χ1n) is 9.53. The molecule has 3 rings (SSSR count). The molecule has 0 aromatic rings. The Morgan fingerprint density at radius 1 is 1.39 bits per heavy atom. The van der Waals surface area contributed by atoms with Crippen molar-refractivity contribution in [1.82, 2.24) is 5.32 Å². The number of fused-ring (bicyclic) bond motifs is 1. The number of halogens is 2. The molecule has 0 radical (unpaired) electrons. The van der Waals surface area contributed by atoms with E-state index >= 15 is 4.39 Å². The number of esters is 2. The van der Waals surface area contributed by atoms with Gasteiger partial charge in [-0.1, -0.05) is 0 Å². The van der Waals surface area contributed by atoms with Crippen LogP contribution >= 0.6 is 0 Å². The Kier molecular flexibility index (Phi) is 6.40. The molecule has 0 aliphatic carbocycles. The Morgan fingerprint density at radius 3 is 2.68 bits per heavy atom.